The molecule has 0 saturated heterocycles. The molecule has 0 aromatic carbocycles. The first-order chi connectivity index (χ1) is 12.4. The highest BCUT2D eigenvalue weighted by atomic mass is 16.3. The molecule has 26 heavy (non-hydrogen) atoms. The van der Waals surface area contributed by atoms with Crippen LogP contribution in [-0.4, -0.2) is 53.8 Å². The molecular weight excluding hydrogens is 334 g/mol. The standard InChI is InChI=1S/C18H33N5O3/c1-4-10-21-11-14(19)23-15(16(24)18(26)20-3)17(25)22-12(2)13-8-6-5-7-9-13/h10,12-14,20,24,26H,4-9,11,19H2,1-3H3,(H,22,25)/b18-16-,21-10-,23-15+/t12-,14?/m1/s1. The van der Waals surface area contributed by atoms with E-state index in [1.807, 2.05) is 13.8 Å². The van der Waals surface area contributed by atoms with Gasteiger partial charge in [0.1, 0.15) is 6.17 Å². The van der Waals surface area contributed by atoms with Crippen LogP contribution in [0.1, 0.15) is 52.4 Å². The summed E-state index contributed by atoms with van der Waals surface area (Å²) in [5.74, 6) is -1.32. The van der Waals surface area contributed by atoms with Crippen molar-refractivity contribution in [3.8, 4) is 0 Å². The van der Waals surface area contributed by atoms with Gasteiger partial charge in [0.05, 0.1) is 6.54 Å². The third kappa shape index (κ3) is 7.03. The predicted molar refractivity (Wildman–Crippen MR) is 105 cm³/mol. The highest BCUT2D eigenvalue weighted by Crippen LogP contribution is 2.26. The van der Waals surface area contributed by atoms with Crippen molar-refractivity contribution in [2.45, 2.75) is 64.6 Å². The number of hydrogen-bond donors (Lipinski definition) is 5. The monoisotopic (exact) mass is 367 g/mol. The lowest BCUT2D eigenvalue weighted by molar-refractivity contribution is -0.115. The Balaban J connectivity index is 2.92. The van der Waals surface area contributed by atoms with Crippen LogP contribution in [0, 0.1) is 5.92 Å². The van der Waals surface area contributed by atoms with E-state index in [2.05, 4.69) is 20.6 Å². The van der Waals surface area contributed by atoms with Crippen molar-refractivity contribution >= 4 is 17.8 Å². The fourth-order valence-corrected chi connectivity index (χ4v) is 3.00. The van der Waals surface area contributed by atoms with Crippen LogP contribution in [-0.2, 0) is 4.79 Å². The molecule has 0 bridgehead atoms. The van der Waals surface area contributed by atoms with Gasteiger partial charge in [-0.15, -0.1) is 0 Å². The molecule has 148 valence electrons. The van der Waals surface area contributed by atoms with Crippen LogP contribution in [0.4, 0.5) is 0 Å². The summed E-state index contributed by atoms with van der Waals surface area (Å²) in [6.07, 6.45) is 7.39. The van der Waals surface area contributed by atoms with Crippen LogP contribution in [0.2, 0.25) is 0 Å². The maximum absolute atomic E-state index is 12.7. The van der Waals surface area contributed by atoms with E-state index in [-0.39, 0.29) is 18.3 Å². The third-order valence-corrected chi connectivity index (χ3v) is 4.52. The predicted octanol–water partition coefficient (Wildman–Crippen LogP) is 1.78. The summed E-state index contributed by atoms with van der Waals surface area (Å²) in [7, 11) is 1.43. The topological polar surface area (TPSA) is 132 Å². The minimum atomic E-state index is -0.796. The quantitative estimate of drug-likeness (QED) is 0.313. The van der Waals surface area contributed by atoms with Gasteiger partial charge in [-0.25, -0.2) is 0 Å². The molecule has 0 aromatic rings. The molecule has 2 atom stereocenters. The fraction of sp³-hybridized carbons (Fsp3) is 0.722. The van der Waals surface area contributed by atoms with Crippen molar-refractivity contribution in [3.05, 3.63) is 11.6 Å². The Kier molecular flexibility index (Phi) is 9.72. The smallest absolute Gasteiger partial charge is 0.273 e. The molecule has 0 aromatic heterocycles. The van der Waals surface area contributed by atoms with E-state index >= 15 is 0 Å². The molecule has 8 heteroatoms. The van der Waals surface area contributed by atoms with Gasteiger partial charge in [-0.05, 0) is 38.3 Å². The maximum Gasteiger partial charge on any atom is 0.273 e. The zero-order chi connectivity index (χ0) is 19.5. The first-order valence-corrected chi connectivity index (χ1v) is 9.33. The first kappa shape index (κ1) is 22.0. The third-order valence-electron chi connectivity index (χ3n) is 4.52. The summed E-state index contributed by atoms with van der Waals surface area (Å²) in [5.41, 5.74) is 5.60. The lowest BCUT2D eigenvalue weighted by atomic mass is 9.84. The second kappa shape index (κ2) is 11.5. The normalized spacial score (nSPS) is 19.8. The van der Waals surface area contributed by atoms with Crippen LogP contribution >= 0.6 is 0 Å². The van der Waals surface area contributed by atoms with Gasteiger partial charge in [-0.1, -0.05) is 26.2 Å². The minimum absolute atomic E-state index is 0.0492. The Bertz CT molecular complexity index is 539. The number of nitrogens with one attached hydrogen (secondary N) is 2. The lowest BCUT2D eigenvalue weighted by Crippen LogP contribution is -2.44. The van der Waals surface area contributed by atoms with E-state index in [9.17, 15) is 15.0 Å². The van der Waals surface area contributed by atoms with Gasteiger partial charge in [0.15, 0.2) is 5.71 Å². The Morgan fingerprint density at radius 2 is 1.96 bits per heavy atom. The summed E-state index contributed by atoms with van der Waals surface area (Å²) < 4.78 is 0. The molecule has 1 rings (SSSR count). The van der Waals surface area contributed by atoms with Gasteiger partial charge in [-0.2, -0.15) is 0 Å². The number of aliphatic hydroxyl groups excluding tert-OH is 2. The van der Waals surface area contributed by atoms with Crippen molar-refractivity contribution in [3.63, 3.8) is 0 Å². The van der Waals surface area contributed by atoms with Crippen molar-refractivity contribution < 1.29 is 15.0 Å². The summed E-state index contributed by atoms with van der Waals surface area (Å²) in [6.45, 7) is 4.09. The molecule has 0 radical (unpaired) electrons. The molecule has 1 saturated carbocycles. The van der Waals surface area contributed by atoms with E-state index in [0.717, 1.165) is 32.1 Å². The largest absolute Gasteiger partial charge is 0.502 e. The van der Waals surface area contributed by atoms with Gasteiger partial charge in [0, 0.05) is 13.1 Å². The van der Waals surface area contributed by atoms with Crippen molar-refractivity contribution in [1.82, 2.24) is 10.6 Å². The van der Waals surface area contributed by atoms with Gasteiger partial charge in [0.25, 0.3) is 5.91 Å². The van der Waals surface area contributed by atoms with Crippen LogP contribution in [0.15, 0.2) is 21.6 Å². The second-order valence-electron chi connectivity index (χ2n) is 6.61. The molecule has 1 unspecified atom stereocenters. The van der Waals surface area contributed by atoms with Crippen molar-refractivity contribution in [1.29, 1.82) is 0 Å². The molecular formula is C18H33N5O3. The minimum Gasteiger partial charge on any atom is -0.502 e. The van der Waals surface area contributed by atoms with E-state index in [1.54, 1.807) is 6.21 Å². The number of aliphatic hydroxyl groups is 2. The number of carbonyl (C=O) groups excluding carboxylic acids is 1. The lowest BCUT2D eigenvalue weighted by Gasteiger charge is -2.28. The Hall–Kier alpha value is -2.09. The highest BCUT2D eigenvalue weighted by Gasteiger charge is 2.26. The van der Waals surface area contributed by atoms with Gasteiger partial charge in [-0.3, -0.25) is 14.8 Å². The molecule has 0 aliphatic heterocycles. The number of nitrogens with two attached hydrogens (primary N) is 1. The molecule has 1 aliphatic rings. The number of amides is 1. The van der Waals surface area contributed by atoms with Crippen molar-refractivity contribution in [2.75, 3.05) is 13.6 Å². The fourth-order valence-electron chi connectivity index (χ4n) is 3.00. The molecule has 0 spiro atoms. The number of nitrogens with zero attached hydrogens (tertiary/aromatic N) is 2. The van der Waals surface area contributed by atoms with Crippen LogP contribution in [0.3, 0.4) is 0 Å². The zero-order valence-electron chi connectivity index (χ0n) is 16.0. The van der Waals surface area contributed by atoms with E-state index in [4.69, 9.17) is 5.73 Å². The van der Waals surface area contributed by atoms with Crippen molar-refractivity contribution in [2.24, 2.45) is 21.6 Å². The van der Waals surface area contributed by atoms with Gasteiger partial charge < -0.3 is 26.6 Å². The number of rotatable bonds is 9. The molecule has 8 nitrogen and oxygen atoms in total. The average molecular weight is 367 g/mol. The Morgan fingerprint density at radius 1 is 1.31 bits per heavy atom. The number of carbonyl (C=O) groups is 1. The van der Waals surface area contributed by atoms with Gasteiger partial charge in [0.2, 0.25) is 11.6 Å². The van der Waals surface area contributed by atoms with E-state index < -0.39 is 23.7 Å². The van der Waals surface area contributed by atoms with E-state index in [1.165, 1.54) is 13.5 Å². The zero-order valence-corrected chi connectivity index (χ0v) is 16.0. The van der Waals surface area contributed by atoms with E-state index in [0.29, 0.717) is 5.92 Å². The summed E-state index contributed by atoms with van der Waals surface area (Å²) >= 11 is 0. The Labute approximate surface area is 155 Å². The van der Waals surface area contributed by atoms with Crippen LogP contribution in [0.5, 0.6) is 0 Å². The average Bonchev–Trinajstić information content (AvgIpc) is 2.65. The number of hydrogen-bond acceptors (Lipinski definition) is 7. The van der Waals surface area contributed by atoms with Gasteiger partial charge >= 0.3 is 0 Å². The molecule has 0 heterocycles. The summed E-state index contributed by atoms with van der Waals surface area (Å²) in [6, 6.07) is -0.0492. The molecule has 1 aliphatic carbocycles. The maximum atomic E-state index is 12.7. The Morgan fingerprint density at radius 3 is 2.54 bits per heavy atom. The SMILES string of the molecule is CC/C=N\CC(N)/N=C(C(=O)N[C@H](C)C1CCCCC1)\C(O)=C(\O)NC. The van der Waals surface area contributed by atoms with Crippen LogP contribution < -0.4 is 16.4 Å². The highest BCUT2D eigenvalue weighted by molar-refractivity contribution is 6.44. The molecule has 1 amide bonds. The summed E-state index contributed by atoms with van der Waals surface area (Å²) in [4.78, 5) is 20.8. The number of aliphatic imine (C=N–C) groups is 2. The second-order valence-corrected chi connectivity index (χ2v) is 6.61. The molecule has 1 fully saturated rings. The molecule has 6 N–H and O–H groups in total. The first-order valence-electron chi connectivity index (χ1n) is 9.33. The van der Waals surface area contributed by atoms with Crippen LogP contribution in [0.25, 0.3) is 0 Å². The summed E-state index contributed by atoms with van der Waals surface area (Å²) in [5, 5.41) is 25.2.